The molecule has 0 spiro atoms. The molecular formula is C21H40O2. The molecule has 0 aliphatic carbocycles. The molecule has 136 valence electrons. The summed E-state index contributed by atoms with van der Waals surface area (Å²) in [5, 5.41) is 21.7. The van der Waals surface area contributed by atoms with Crippen molar-refractivity contribution in [2.24, 2.45) is 21.7 Å². The molecular weight excluding hydrogens is 284 g/mol. The van der Waals surface area contributed by atoms with Gasteiger partial charge in [0, 0.05) is 11.8 Å². The fourth-order valence-corrected chi connectivity index (χ4v) is 4.09. The zero-order valence-corrected chi connectivity index (χ0v) is 16.8. The molecule has 0 rings (SSSR count). The summed E-state index contributed by atoms with van der Waals surface area (Å²) in [6, 6.07) is 0. The molecule has 0 atom stereocenters. The second kappa shape index (κ2) is 7.11. The Morgan fingerprint density at radius 3 is 1.30 bits per heavy atom. The average molecular weight is 325 g/mol. The predicted octanol–water partition coefficient (Wildman–Crippen LogP) is 5.70. The van der Waals surface area contributed by atoms with Gasteiger partial charge in [-0.3, -0.25) is 0 Å². The number of aliphatic hydroxyl groups is 2. The van der Waals surface area contributed by atoms with E-state index in [4.69, 9.17) is 0 Å². The van der Waals surface area contributed by atoms with Crippen molar-refractivity contribution in [3.63, 3.8) is 0 Å². The second-order valence-electron chi connectivity index (χ2n) is 10.2. The lowest BCUT2D eigenvalue weighted by atomic mass is 9.50. The summed E-state index contributed by atoms with van der Waals surface area (Å²) in [7, 11) is 0. The maximum atomic E-state index is 10.8. The molecule has 2 N–H and O–H groups in total. The van der Waals surface area contributed by atoms with Crippen molar-refractivity contribution in [3.05, 3.63) is 25.3 Å². The Labute approximate surface area is 144 Å². The molecule has 0 aromatic rings. The largest absolute Gasteiger partial charge is 0.365 e. The Balaban J connectivity index is 6.26. The van der Waals surface area contributed by atoms with Gasteiger partial charge in [-0.25, -0.2) is 0 Å². The van der Waals surface area contributed by atoms with Crippen LogP contribution < -0.4 is 0 Å². The number of hydrogen-bond acceptors (Lipinski definition) is 2. The Morgan fingerprint density at radius 1 is 0.696 bits per heavy atom. The summed E-state index contributed by atoms with van der Waals surface area (Å²) in [5.41, 5.74) is -0.813. The van der Waals surface area contributed by atoms with Crippen LogP contribution in [0.5, 0.6) is 0 Å². The van der Waals surface area contributed by atoms with Gasteiger partial charge in [-0.05, 0) is 35.5 Å². The SMILES string of the molecule is C=CCC(O)(O)C(C)(C)C(CC=C)(CC(C)(C)C)CC(C)(C)C. The fraction of sp³-hybridized carbons (Fsp3) is 0.810. The van der Waals surface area contributed by atoms with Crippen LogP contribution in [0, 0.1) is 21.7 Å². The van der Waals surface area contributed by atoms with Gasteiger partial charge < -0.3 is 10.2 Å². The van der Waals surface area contributed by atoms with Crippen LogP contribution in [0.25, 0.3) is 0 Å². The quantitative estimate of drug-likeness (QED) is 0.444. The van der Waals surface area contributed by atoms with Crippen LogP contribution in [-0.4, -0.2) is 16.0 Å². The van der Waals surface area contributed by atoms with Crippen molar-refractivity contribution in [1.29, 1.82) is 0 Å². The van der Waals surface area contributed by atoms with Gasteiger partial charge >= 0.3 is 0 Å². The zero-order valence-electron chi connectivity index (χ0n) is 16.8. The Morgan fingerprint density at radius 2 is 1.04 bits per heavy atom. The summed E-state index contributed by atoms with van der Waals surface area (Å²) in [5.74, 6) is -1.80. The molecule has 0 amide bonds. The Bertz CT molecular complexity index is 387. The molecule has 0 aliphatic rings. The van der Waals surface area contributed by atoms with Crippen molar-refractivity contribution in [3.8, 4) is 0 Å². The summed E-state index contributed by atoms with van der Waals surface area (Å²) >= 11 is 0. The van der Waals surface area contributed by atoms with E-state index >= 15 is 0 Å². The van der Waals surface area contributed by atoms with Crippen LogP contribution in [0.1, 0.15) is 81.1 Å². The van der Waals surface area contributed by atoms with E-state index in [1.165, 1.54) is 0 Å². The van der Waals surface area contributed by atoms with Gasteiger partial charge in [0.2, 0.25) is 0 Å². The van der Waals surface area contributed by atoms with Gasteiger partial charge in [-0.1, -0.05) is 67.5 Å². The van der Waals surface area contributed by atoms with Gasteiger partial charge in [-0.15, -0.1) is 13.2 Å². The Kier molecular flexibility index (Phi) is 6.92. The molecule has 0 saturated heterocycles. The molecule has 23 heavy (non-hydrogen) atoms. The highest BCUT2D eigenvalue weighted by molar-refractivity contribution is 5.06. The van der Waals surface area contributed by atoms with Crippen LogP contribution in [-0.2, 0) is 0 Å². The molecule has 0 saturated carbocycles. The van der Waals surface area contributed by atoms with Crippen LogP contribution in [0.2, 0.25) is 0 Å². The molecule has 0 unspecified atom stereocenters. The van der Waals surface area contributed by atoms with E-state index in [2.05, 4.69) is 54.7 Å². The lowest BCUT2D eigenvalue weighted by Crippen LogP contribution is -2.56. The minimum absolute atomic E-state index is 0.0792. The third kappa shape index (κ3) is 5.76. The lowest BCUT2D eigenvalue weighted by molar-refractivity contribution is -0.274. The average Bonchev–Trinajstić information content (AvgIpc) is 2.23. The van der Waals surface area contributed by atoms with Gasteiger partial charge in [0.1, 0.15) is 0 Å². The molecule has 0 aromatic carbocycles. The van der Waals surface area contributed by atoms with E-state index in [9.17, 15) is 10.2 Å². The van der Waals surface area contributed by atoms with E-state index in [0.29, 0.717) is 0 Å². The van der Waals surface area contributed by atoms with Crippen molar-refractivity contribution < 1.29 is 10.2 Å². The molecule has 0 aromatic heterocycles. The summed E-state index contributed by atoms with van der Waals surface area (Å²) in [4.78, 5) is 0. The first-order valence-corrected chi connectivity index (χ1v) is 8.70. The third-order valence-corrected chi connectivity index (χ3v) is 5.03. The van der Waals surface area contributed by atoms with Crippen molar-refractivity contribution in [2.75, 3.05) is 0 Å². The highest BCUT2D eigenvalue weighted by atomic mass is 16.5. The van der Waals surface area contributed by atoms with E-state index in [0.717, 1.165) is 19.3 Å². The van der Waals surface area contributed by atoms with Crippen molar-refractivity contribution in [2.45, 2.75) is 86.9 Å². The Hall–Kier alpha value is -0.600. The zero-order chi connectivity index (χ0) is 18.7. The summed E-state index contributed by atoms with van der Waals surface area (Å²) < 4.78 is 0. The molecule has 2 heteroatoms. The van der Waals surface area contributed by atoms with Crippen LogP contribution in [0.15, 0.2) is 25.3 Å². The minimum Gasteiger partial charge on any atom is -0.365 e. The number of rotatable bonds is 8. The first-order valence-electron chi connectivity index (χ1n) is 8.70. The van der Waals surface area contributed by atoms with Crippen LogP contribution in [0.3, 0.4) is 0 Å². The normalized spacial score (nSPS) is 14.7. The summed E-state index contributed by atoms with van der Waals surface area (Å²) in [6.07, 6.45) is 6.24. The standard InChI is InChI=1S/C21H40O2/c1-11-13-20(15-17(3,4)5,16-18(6,7)8)19(9,10)21(22,23)14-12-2/h11-12,22-23H,1-2,13-16H2,3-10H3. The maximum Gasteiger partial charge on any atom is 0.171 e. The highest BCUT2D eigenvalue weighted by Crippen LogP contribution is 2.59. The topological polar surface area (TPSA) is 40.5 Å². The van der Waals surface area contributed by atoms with Gasteiger partial charge in [0.05, 0.1) is 0 Å². The van der Waals surface area contributed by atoms with Crippen LogP contribution in [0.4, 0.5) is 0 Å². The van der Waals surface area contributed by atoms with E-state index < -0.39 is 11.2 Å². The minimum atomic E-state index is -1.80. The van der Waals surface area contributed by atoms with E-state index in [-0.39, 0.29) is 22.7 Å². The van der Waals surface area contributed by atoms with E-state index in [1.807, 2.05) is 19.9 Å². The maximum absolute atomic E-state index is 10.8. The predicted molar refractivity (Wildman–Crippen MR) is 101 cm³/mol. The highest BCUT2D eigenvalue weighted by Gasteiger charge is 2.56. The molecule has 0 heterocycles. The number of allylic oxidation sites excluding steroid dienone is 1. The molecule has 0 bridgehead atoms. The van der Waals surface area contributed by atoms with Gasteiger partial charge in [-0.2, -0.15) is 0 Å². The fourth-order valence-electron chi connectivity index (χ4n) is 4.09. The van der Waals surface area contributed by atoms with Crippen molar-refractivity contribution in [1.82, 2.24) is 0 Å². The second-order valence-corrected chi connectivity index (χ2v) is 10.2. The lowest BCUT2D eigenvalue weighted by Gasteiger charge is -2.56. The first-order chi connectivity index (χ1) is 10.0. The van der Waals surface area contributed by atoms with Gasteiger partial charge in [0.25, 0.3) is 0 Å². The smallest absolute Gasteiger partial charge is 0.171 e. The van der Waals surface area contributed by atoms with Crippen LogP contribution >= 0.6 is 0 Å². The number of hydrogen-bond donors (Lipinski definition) is 2. The van der Waals surface area contributed by atoms with Gasteiger partial charge in [0.15, 0.2) is 5.79 Å². The monoisotopic (exact) mass is 324 g/mol. The molecule has 0 radical (unpaired) electrons. The molecule has 2 nitrogen and oxygen atoms in total. The summed E-state index contributed by atoms with van der Waals surface area (Å²) in [6.45, 7) is 24.9. The molecule has 0 aliphatic heterocycles. The van der Waals surface area contributed by atoms with Crippen molar-refractivity contribution >= 4 is 0 Å². The first kappa shape index (κ1) is 22.4. The van der Waals surface area contributed by atoms with E-state index in [1.54, 1.807) is 6.08 Å². The third-order valence-electron chi connectivity index (χ3n) is 5.03. The molecule has 0 fully saturated rings.